The van der Waals surface area contributed by atoms with Gasteiger partial charge in [0.05, 0.1) is 10.6 Å². The summed E-state index contributed by atoms with van der Waals surface area (Å²) in [5, 5.41) is 4.98. The lowest BCUT2D eigenvalue weighted by atomic mass is 10.1. The highest BCUT2D eigenvalue weighted by Crippen LogP contribution is 2.25. The zero-order valence-corrected chi connectivity index (χ0v) is 16.1. The largest absolute Gasteiger partial charge is 0.325 e. The number of aromatic nitrogens is 4. The topological polar surface area (TPSA) is 97.7 Å². The maximum atomic E-state index is 11.5. The van der Waals surface area contributed by atoms with E-state index in [0.29, 0.717) is 11.6 Å². The van der Waals surface area contributed by atoms with Crippen molar-refractivity contribution >= 4 is 32.2 Å². The van der Waals surface area contributed by atoms with Gasteiger partial charge in [0.15, 0.2) is 9.84 Å². The predicted molar refractivity (Wildman–Crippen MR) is 108 cm³/mol. The van der Waals surface area contributed by atoms with Crippen LogP contribution < -0.4 is 5.32 Å². The van der Waals surface area contributed by atoms with Crippen LogP contribution in [0.1, 0.15) is 5.56 Å². The SMILES string of the molecule is Cc1ccncc1-c1cc2cc(Nc3ccc(S(C)(=O)=O)cn3)ncc2cn1. The second kappa shape index (κ2) is 6.97. The maximum Gasteiger partial charge on any atom is 0.177 e. The van der Waals surface area contributed by atoms with Crippen LogP contribution in [0, 0.1) is 6.92 Å². The van der Waals surface area contributed by atoms with E-state index in [1.54, 1.807) is 30.9 Å². The number of nitrogens with one attached hydrogen (secondary N) is 1. The van der Waals surface area contributed by atoms with E-state index in [1.165, 1.54) is 12.3 Å². The molecule has 28 heavy (non-hydrogen) atoms. The second-order valence-corrected chi connectivity index (χ2v) is 8.47. The lowest BCUT2D eigenvalue weighted by Gasteiger charge is -2.08. The van der Waals surface area contributed by atoms with Crippen molar-refractivity contribution in [2.75, 3.05) is 11.6 Å². The molecule has 1 N–H and O–H groups in total. The van der Waals surface area contributed by atoms with E-state index in [-0.39, 0.29) is 4.90 Å². The number of rotatable bonds is 4. The first kappa shape index (κ1) is 18.0. The summed E-state index contributed by atoms with van der Waals surface area (Å²) in [5.41, 5.74) is 2.92. The van der Waals surface area contributed by atoms with Gasteiger partial charge in [-0.05, 0) is 48.2 Å². The number of sulfone groups is 1. The molecule has 0 saturated carbocycles. The van der Waals surface area contributed by atoms with Crippen LogP contribution in [0.4, 0.5) is 11.6 Å². The molecule has 0 aliphatic heterocycles. The molecular weight excluding hydrogens is 374 g/mol. The molecule has 0 radical (unpaired) electrons. The molecule has 0 amide bonds. The van der Waals surface area contributed by atoms with E-state index >= 15 is 0 Å². The molecule has 0 bridgehead atoms. The normalized spacial score (nSPS) is 11.5. The molecule has 0 spiro atoms. The summed E-state index contributed by atoms with van der Waals surface area (Å²) < 4.78 is 23.1. The van der Waals surface area contributed by atoms with Crippen LogP contribution in [0.3, 0.4) is 0 Å². The molecule has 0 saturated heterocycles. The summed E-state index contributed by atoms with van der Waals surface area (Å²) in [5.74, 6) is 1.11. The molecule has 0 atom stereocenters. The van der Waals surface area contributed by atoms with E-state index in [9.17, 15) is 8.42 Å². The number of aryl methyl sites for hydroxylation is 1. The van der Waals surface area contributed by atoms with Gasteiger partial charge in [-0.1, -0.05) is 0 Å². The van der Waals surface area contributed by atoms with Crippen molar-refractivity contribution in [3.8, 4) is 11.3 Å². The summed E-state index contributed by atoms with van der Waals surface area (Å²) in [4.78, 5) is 17.4. The summed E-state index contributed by atoms with van der Waals surface area (Å²) >= 11 is 0. The Kier molecular flexibility index (Phi) is 4.48. The van der Waals surface area contributed by atoms with Crippen molar-refractivity contribution in [2.45, 2.75) is 11.8 Å². The molecule has 4 aromatic heterocycles. The average molecular weight is 391 g/mol. The molecule has 0 aromatic carbocycles. The highest BCUT2D eigenvalue weighted by molar-refractivity contribution is 7.90. The lowest BCUT2D eigenvalue weighted by molar-refractivity contribution is 0.601. The molecule has 0 aliphatic rings. The van der Waals surface area contributed by atoms with Crippen LogP contribution in [-0.2, 0) is 9.84 Å². The first-order chi connectivity index (χ1) is 13.4. The smallest absolute Gasteiger partial charge is 0.177 e. The molecule has 0 fully saturated rings. The highest BCUT2D eigenvalue weighted by Gasteiger charge is 2.09. The number of anilines is 2. The van der Waals surface area contributed by atoms with Gasteiger partial charge in [0, 0.05) is 48.2 Å². The molecule has 7 nitrogen and oxygen atoms in total. The van der Waals surface area contributed by atoms with Crippen LogP contribution in [0.25, 0.3) is 22.0 Å². The third-order valence-electron chi connectivity index (χ3n) is 4.34. The Morgan fingerprint density at radius 2 is 1.64 bits per heavy atom. The number of hydrogen-bond acceptors (Lipinski definition) is 7. The summed E-state index contributed by atoms with van der Waals surface area (Å²) in [6.45, 7) is 2.02. The second-order valence-electron chi connectivity index (χ2n) is 6.45. The molecule has 4 aromatic rings. The Hall–Kier alpha value is -3.39. The van der Waals surface area contributed by atoms with E-state index in [4.69, 9.17) is 0 Å². The van der Waals surface area contributed by atoms with Crippen molar-refractivity contribution in [3.05, 3.63) is 66.9 Å². The van der Waals surface area contributed by atoms with Crippen LogP contribution >= 0.6 is 0 Å². The fraction of sp³-hybridized carbons (Fsp3) is 0.100. The minimum absolute atomic E-state index is 0.173. The summed E-state index contributed by atoms with van der Waals surface area (Å²) in [7, 11) is -3.27. The minimum atomic E-state index is -3.27. The predicted octanol–water partition coefficient (Wildman–Crippen LogP) is 3.54. The highest BCUT2D eigenvalue weighted by atomic mass is 32.2. The van der Waals surface area contributed by atoms with Crippen molar-refractivity contribution in [2.24, 2.45) is 0 Å². The van der Waals surface area contributed by atoms with Gasteiger partial charge in [0.25, 0.3) is 0 Å². The Morgan fingerprint density at radius 1 is 0.857 bits per heavy atom. The van der Waals surface area contributed by atoms with Gasteiger partial charge in [0.1, 0.15) is 11.6 Å². The number of fused-ring (bicyclic) bond motifs is 1. The van der Waals surface area contributed by atoms with Crippen LogP contribution in [0.5, 0.6) is 0 Å². The van der Waals surface area contributed by atoms with Crippen LogP contribution in [0.15, 0.2) is 66.2 Å². The molecule has 0 aliphatic carbocycles. The van der Waals surface area contributed by atoms with Crippen molar-refractivity contribution in [1.29, 1.82) is 0 Å². The van der Waals surface area contributed by atoms with Gasteiger partial charge in [-0.2, -0.15) is 0 Å². The molecule has 140 valence electrons. The third kappa shape index (κ3) is 3.67. The van der Waals surface area contributed by atoms with Gasteiger partial charge in [-0.3, -0.25) is 9.97 Å². The standard InChI is InChI=1S/C20H17N5O2S/c1-13-5-6-21-12-17(13)18-7-14-8-20(23-10-15(14)9-22-18)25-19-4-3-16(11-24-19)28(2,26)27/h3-12H,1-2H3,(H,23,24,25). The van der Waals surface area contributed by atoms with E-state index < -0.39 is 9.84 Å². The van der Waals surface area contributed by atoms with E-state index in [0.717, 1.165) is 33.8 Å². The number of hydrogen-bond donors (Lipinski definition) is 1. The average Bonchev–Trinajstić information content (AvgIpc) is 2.67. The van der Waals surface area contributed by atoms with E-state index in [2.05, 4.69) is 25.3 Å². The quantitative estimate of drug-likeness (QED) is 0.568. The van der Waals surface area contributed by atoms with Gasteiger partial charge < -0.3 is 5.32 Å². The van der Waals surface area contributed by atoms with Crippen molar-refractivity contribution < 1.29 is 8.42 Å². The zero-order valence-electron chi connectivity index (χ0n) is 15.3. The molecule has 0 unspecified atom stereocenters. The monoisotopic (exact) mass is 391 g/mol. The first-order valence-electron chi connectivity index (χ1n) is 8.50. The van der Waals surface area contributed by atoms with Crippen molar-refractivity contribution in [3.63, 3.8) is 0 Å². The third-order valence-corrected chi connectivity index (χ3v) is 5.44. The fourth-order valence-electron chi connectivity index (χ4n) is 2.79. The Balaban J connectivity index is 1.66. The van der Waals surface area contributed by atoms with Crippen molar-refractivity contribution in [1.82, 2.24) is 19.9 Å². The number of nitrogens with zero attached hydrogens (tertiary/aromatic N) is 4. The van der Waals surface area contributed by atoms with E-state index in [1.807, 2.05) is 25.1 Å². The zero-order chi connectivity index (χ0) is 19.7. The van der Waals surface area contributed by atoms with Gasteiger partial charge in [0.2, 0.25) is 0 Å². The first-order valence-corrected chi connectivity index (χ1v) is 10.4. The Morgan fingerprint density at radius 3 is 2.36 bits per heavy atom. The Bertz CT molecular complexity index is 1270. The van der Waals surface area contributed by atoms with Gasteiger partial charge in [-0.25, -0.2) is 18.4 Å². The number of pyridine rings is 4. The maximum absolute atomic E-state index is 11.5. The molecular formula is C20H17N5O2S. The Labute approximate surface area is 162 Å². The fourth-order valence-corrected chi connectivity index (χ4v) is 3.35. The van der Waals surface area contributed by atoms with Gasteiger partial charge in [-0.15, -0.1) is 0 Å². The van der Waals surface area contributed by atoms with Crippen LogP contribution in [-0.4, -0.2) is 34.6 Å². The molecule has 4 rings (SSSR count). The lowest BCUT2D eigenvalue weighted by Crippen LogP contribution is -2.00. The minimum Gasteiger partial charge on any atom is -0.325 e. The van der Waals surface area contributed by atoms with Gasteiger partial charge >= 0.3 is 0 Å². The summed E-state index contributed by atoms with van der Waals surface area (Å²) in [6, 6.07) is 8.97. The van der Waals surface area contributed by atoms with Crippen LogP contribution in [0.2, 0.25) is 0 Å². The molecule has 8 heteroatoms. The molecule has 4 heterocycles. The summed E-state index contributed by atoms with van der Waals surface area (Å²) in [6.07, 6.45) is 9.55.